The predicted octanol–water partition coefficient (Wildman–Crippen LogP) is 2.92. The number of nitro groups is 1. The molecule has 0 fully saturated rings. The van der Waals surface area contributed by atoms with E-state index in [0.717, 1.165) is 0 Å². The van der Waals surface area contributed by atoms with Crippen molar-refractivity contribution in [3.8, 4) is 17.2 Å². The fourth-order valence-corrected chi connectivity index (χ4v) is 2.81. The minimum absolute atomic E-state index is 0.139. The summed E-state index contributed by atoms with van der Waals surface area (Å²) >= 11 is 0. The lowest BCUT2D eigenvalue weighted by molar-refractivity contribution is -0.384. The highest BCUT2D eigenvalue weighted by Crippen LogP contribution is 2.28. The van der Waals surface area contributed by atoms with Crippen molar-refractivity contribution in [1.29, 1.82) is 0 Å². The van der Waals surface area contributed by atoms with Crippen molar-refractivity contribution >= 4 is 35.4 Å². The van der Waals surface area contributed by atoms with Gasteiger partial charge < -0.3 is 19.5 Å². The molecule has 0 aromatic heterocycles. The second-order valence-corrected chi connectivity index (χ2v) is 6.98. The van der Waals surface area contributed by atoms with Crippen molar-refractivity contribution in [1.82, 2.24) is 5.43 Å². The molecule has 2 N–H and O–H groups in total. The first kappa shape index (κ1) is 25.4. The Balaban J connectivity index is 1.53. The summed E-state index contributed by atoms with van der Waals surface area (Å²) in [7, 11) is 2.88. The Morgan fingerprint density at radius 1 is 0.889 bits per heavy atom. The third-order valence-corrected chi connectivity index (χ3v) is 4.65. The van der Waals surface area contributed by atoms with Gasteiger partial charge in [-0.1, -0.05) is 0 Å². The summed E-state index contributed by atoms with van der Waals surface area (Å²) in [6.07, 6.45) is 1.29. The molecule has 3 rings (SSSR count). The zero-order valence-electron chi connectivity index (χ0n) is 19.1. The van der Waals surface area contributed by atoms with E-state index in [1.807, 2.05) is 0 Å². The van der Waals surface area contributed by atoms with Crippen LogP contribution in [0, 0.1) is 10.1 Å². The lowest BCUT2D eigenvalue weighted by Crippen LogP contribution is -2.32. The van der Waals surface area contributed by atoms with Crippen LogP contribution in [-0.2, 0) is 9.59 Å². The predicted molar refractivity (Wildman–Crippen MR) is 128 cm³/mol. The normalized spacial score (nSPS) is 10.4. The molecule has 0 aliphatic carbocycles. The standard InChI is InChI=1S/C24H20N4O8/c1-34-19-11-12-21(35-2)20(13-19)26-22(29)23(30)27-25-14-15-3-9-18(10-4-15)36-24(31)16-5-7-17(8-6-16)28(32)33/h3-14H,1-2H3,(H,26,29)(H,27,30)/b25-14+. The SMILES string of the molecule is COc1ccc(OC)c(NC(=O)C(=O)N/N=C/c2ccc(OC(=O)c3ccc([N+](=O)[O-])cc3)cc2)c1. The van der Waals surface area contributed by atoms with Crippen molar-refractivity contribution in [2.75, 3.05) is 19.5 Å². The molecule has 0 saturated carbocycles. The van der Waals surface area contributed by atoms with Crippen LogP contribution in [0.3, 0.4) is 0 Å². The summed E-state index contributed by atoms with van der Waals surface area (Å²) in [4.78, 5) is 46.5. The largest absolute Gasteiger partial charge is 0.497 e. The first-order chi connectivity index (χ1) is 17.3. The van der Waals surface area contributed by atoms with Crippen LogP contribution >= 0.6 is 0 Å². The van der Waals surface area contributed by atoms with Crippen LogP contribution in [0.5, 0.6) is 17.2 Å². The Kier molecular flexibility index (Phi) is 8.27. The highest BCUT2D eigenvalue weighted by atomic mass is 16.6. The summed E-state index contributed by atoms with van der Waals surface area (Å²) in [5.41, 5.74) is 2.92. The van der Waals surface area contributed by atoms with Crippen LogP contribution in [0.1, 0.15) is 15.9 Å². The first-order valence-electron chi connectivity index (χ1n) is 10.2. The number of benzene rings is 3. The van der Waals surface area contributed by atoms with E-state index in [9.17, 15) is 24.5 Å². The number of nitro benzene ring substituents is 1. The number of nitrogens with zero attached hydrogens (tertiary/aromatic N) is 2. The maximum Gasteiger partial charge on any atom is 0.343 e. The summed E-state index contributed by atoms with van der Waals surface area (Å²) in [5, 5.41) is 16.9. The van der Waals surface area contributed by atoms with Crippen LogP contribution in [0.25, 0.3) is 0 Å². The number of rotatable bonds is 8. The van der Waals surface area contributed by atoms with Gasteiger partial charge in [-0.05, 0) is 54.1 Å². The number of hydrazone groups is 1. The Morgan fingerprint density at radius 2 is 1.56 bits per heavy atom. The highest BCUT2D eigenvalue weighted by Gasteiger charge is 2.16. The number of hydrogen-bond acceptors (Lipinski definition) is 9. The van der Waals surface area contributed by atoms with E-state index < -0.39 is 22.7 Å². The Bertz CT molecular complexity index is 1300. The van der Waals surface area contributed by atoms with Gasteiger partial charge in [0.05, 0.1) is 36.6 Å². The van der Waals surface area contributed by atoms with Gasteiger partial charge in [-0.25, -0.2) is 10.2 Å². The van der Waals surface area contributed by atoms with Gasteiger partial charge in [0, 0.05) is 18.2 Å². The number of esters is 1. The van der Waals surface area contributed by atoms with Crippen LogP contribution in [0.2, 0.25) is 0 Å². The van der Waals surface area contributed by atoms with E-state index in [1.165, 1.54) is 62.9 Å². The molecule has 0 unspecified atom stereocenters. The molecule has 3 aromatic rings. The third kappa shape index (κ3) is 6.63. The number of carbonyl (C=O) groups excluding carboxylic acids is 3. The molecule has 0 aliphatic heterocycles. The number of amides is 2. The van der Waals surface area contributed by atoms with Gasteiger partial charge in [0.15, 0.2) is 0 Å². The van der Waals surface area contributed by atoms with Crippen LogP contribution in [0.4, 0.5) is 11.4 Å². The number of non-ortho nitro benzene ring substituents is 1. The van der Waals surface area contributed by atoms with Gasteiger partial charge in [-0.3, -0.25) is 19.7 Å². The number of carbonyl (C=O) groups is 3. The Hall–Kier alpha value is -5.26. The molecule has 2 amide bonds. The minimum atomic E-state index is -1.01. The molecule has 0 saturated heterocycles. The van der Waals surface area contributed by atoms with E-state index in [1.54, 1.807) is 24.3 Å². The number of nitrogens with one attached hydrogen (secondary N) is 2. The molecular formula is C24H20N4O8. The van der Waals surface area contributed by atoms with Gasteiger partial charge in [-0.2, -0.15) is 5.10 Å². The summed E-state index contributed by atoms with van der Waals surface area (Å²) in [6.45, 7) is 0. The molecule has 184 valence electrons. The van der Waals surface area contributed by atoms with Crippen molar-refractivity contribution in [2.24, 2.45) is 5.10 Å². The van der Waals surface area contributed by atoms with Crippen molar-refractivity contribution in [2.45, 2.75) is 0 Å². The quantitative estimate of drug-likeness (QED) is 0.121. The van der Waals surface area contributed by atoms with E-state index in [-0.39, 0.29) is 22.7 Å². The number of hydrogen-bond donors (Lipinski definition) is 2. The molecule has 12 heteroatoms. The second kappa shape index (κ2) is 11.7. The maximum absolute atomic E-state index is 12.2. The monoisotopic (exact) mass is 492 g/mol. The Labute approximate surface area is 204 Å². The Morgan fingerprint density at radius 3 is 2.17 bits per heavy atom. The molecule has 36 heavy (non-hydrogen) atoms. The molecule has 0 atom stereocenters. The average Bonchev–Trinajstić information content (AvgIpc) is 2.89. The van der Waals surface area contributed by atoms with Crippen molar-refractivity contribution in [3.05, 3.63) is 88.0 Å². The molecule has 12 nitrogen and oxygen atoms in total. The fraction of sp³-hybridized carbons (Fsp3) is 0.0833. The van der Waals surface area contributed by atoms with Crippen LogP contribution in [-0.4, -0.2) is 43.1 Å². The maximum atomic E-state index is 12.2. The zero-order chi connectivity index (χ0) is 26.1. The summed E-state index contributed by atoms with van der Waals surface area (Å²) < 4.78 is 15.5. The van der Waals surface area contributed by atoms with E-state index in [4.69, 9.17) is 14.2 Å². The smallest absolute Gasteiger partial charge is 0.343 e. The molecule has 0 heterocycles. The summed E-state index contributed by atoms with van der Waals surface area (Å²) in [5.74, 6) is -1.62. The van der Waals surface area contributed by atoms with Gasteiger partial charge in [0.25, 0.3) is 5.69 Å². The topological polar surface area (TPSA) is 158 Å². The second-order valence-electron chi connectivity index (χ2n) is 6.98. The first-order valence-corrected chi connectivity index (χ1v) is 10.2. The molecule has 0 spiro atoms. The zero-order valence-corrected chi connectivity index (χ0v) is 19.1. The van der Waals surface area contributed by atoms with Gasteiger partial charge in [-0.15, -0.1) is 0 Å². The summed E-state index contributed by atoms with van der Waals surface area (Å²) in [6, 6.07) is 15.8. The lowest BCUT2D eigenvalue weighted by Gasteiger charge is -2.11. The fourth-order valence-electron chi connectivity index (χ4n) is 2.81. The van der Waals surface area contributed by atoms with Gasteiger partial charge in [0.1, 0.15) is 17.2 Å². The average molecular weight is 492 g/mol. The molecule has 0 radical (unpaired) electrons. The molecule has 0 bridgehead atoms. The van der Waals surface area contributed by atoms with Crippen LogP contribution < -0.4 is 25.0 Å². The van der Waals surface area contributed by atoms with Crippen molar-refractivity contribution in [3.63, 3.8) is 0 Å². The van der Waals surface area contributed by atoms with Gasteiger partial charge in [0.2, 0.25) is 0 Å². The van der Waals surface area contributed by atoms with Gasteiger partial charge >= 0.3 is 17.8 Å². The van der Waals surface area contributed by atoms with Crippen molar-refractivity contribution < 1.29 is 33.5 Å². The number of methoxy groups -OCH3 is 2. The van der Waals surface area contributed by atoms with E-state index in [2.05, 4.69) is 15.8 Å². The molecule has 3 aromatic carbocycles. The minimum Gasteiger partial charge on any atom is -0.497 e. The molecule has 0 aliphatic rings. The van der Waals surface area contributed by atoms with E-state index in [0.29, 0.717) is 17.1 Å². The lowest BCUT2D eigenvalue weighted by atomic mass is 10.2. The third-order valence-electron chi connectivity index (χ3n) is 4.65. The van der Waals surface area contributed by atoms with E-state index >= 15 is 0 Å². The van der Waals surface area contributed by atoms with Crippen LogP contribution in [0.15, 0.2) is 71.8 Å². The highest BCUT2D eigenvalue weighted by molar-refractivity contribution is 6.39. The molecular weight excluding hydrogens is 472 g/mol. The number of ether oxygens (including phenoxy) is 3. The number of anilines is 1.